The molecule has 1 N–H and O–H groups in total. The molecule has 19 heavy (non-hydrogen) atoms. The zero-order valence-corrected chi connectivity index (χ0v) is 12.2. The van der Waals surface area contributed by atoms with E-state index in [0.29, 0.717) is 12.5 Å². The number of benzene rings is 1. The molecule has 0 saturated carbocycles. The quantitative estimate of drug-likeness (QED) is 0.695. The van der Waals surface area contributed by atoms with E-state index < -0.39 is 0 Å². The van der Waals surface area contributed by atoms with Crippen molar-refractivity contribution in [1.82, 2.24) is 5.32 Å². The van der Waals surface area contributed by atoms with Crippen molar-refractivity contribution < 1.29 is 9.53 Å². The fraction of sp³-hybridized carbons (Fsp3) is 0.562. The summed E-state index contributed by atoms with van der Waals surface area (Å²) in [6, 6.07) is 6.69. The molecule has 0 saturated heterocycles. The van der Waals surface area contributed by atoms with E-state index in [1.807, 2.05) is 6.92 Å². The second-order valence-corrected chi connectivity index (χ2v) is 4.91. The molecule has 3 nitrogen and oxygen atoms in total. The third kappa shape index (κ3) is 5.43. The first-order valence-corrected chi connectivity index (χ1v) is 7.01. The molecule has 0 aliphatic carbocycles. The Morgan fingerprint density at radius 2 is 2.16 bits per heavy atom. The Balaban J connectivity index is 2.55. The van der Waals surface area contributed by atoms with Crippen LogP contribution in [0.5, 0.6) is 5.75 Å². The van der Waals surface area contributed by atoms with Crippen molar-refractivity contribution in [3.05, 3.63) is 29.3 Å². The highest BCUT2D eigenvalue weighted by atomic mass is 16.5. The Morgan fingerprint density at radius 1 is 1.37 bits per heavy atom. The van der Waals surface area contributed by atoms with Gasteiger partial charge in [0.2, 0.25) is 0 Å². The number of carbonyl (C=O) groups excluding carboxylic acids is 1. The zero-order valence-electron chi connectivity index (χ0n) is 12.2. The van der Waals surface area contributed by atoms with Crippen LogP contribution in [0.2, 0.25) is 0 Å². The molecular formula is C16H25NO2. The molecule has 1 unspecified atom stereocenters. The van der Waals surface area contributed by atoms with E-state index in [4.69, 9.17) is 4.74 Å². The maximum atomic E-state index is 10.5. The summed E-state index contributed by atoms with van der Waals surface area (Å²) in [6.45, 7) is 5.03. The van der Waals surface area contributed by atoms with Crippen molar-refractivity contribution >= 4 is 6.29 Å². The molecule has 0 amide bonds. The summed E-state index contributed by atoms with van der Waals surface area (Å²) in [6.07, 6.45) is 4.79. The third-order valence-electron chi connectivity index (χ3n) is 3.34. The molecule has 0 heterocycles. The molecule has 0 aliphatic rings. The van der Waals surface area contributed by atoms with E-state index in [2.05, 4.69) is 30.4 Å². The second kappa shape index (κ2) is 8.70. The third-order valence-corrected chi connectivity index (χ3v) is 3.34. The summed E-state index contributed by atoms with van der Waals surface area (Å²) >= 11 is 0. The molecule has 0 aromatic heterocycles. The minimum absolute atomic E-state index is 0.419. The molecule has 1 rings (SSSR count). The predicted octanol–water partition coefficient (Wildman–Crippen LogP) is 3.24. The smallest absolute Gasteiger partial charge is 0.122 e. The monoisotopic (exact) mass is 263 g/mol. The number of rotatable bonds is 9. The lowest BCUT2D eigenvalue weighted by molar-refractivity contribution is -0.108. The maximum Gasteiger partial charge on any atom is 0.122 e. The molecule has 0 spiro atoms. The molecule has 106 valence electrons. The fourth-order valence-corrected chi connectivity index (χ4v) is 2.20. The van der Waals surface area contributed by atoms with E-state index >= 15 is 0 Å². The summed E-state index contributed by atoms with van der Waals surface area (Å²) in [5.74, 6) is 0.930. The average molecular weight is 263 g/mol. The second-order valence-electron chi connectivity index (χ2n) is 4.91. The molecule has 0 bridgehead atoms. The van der Waals surface area contributed by atoms with Crippen LogP contribution in [0.3, 0.4) is 0 Å². The van der Waals surface area contributed by atoms with Gasteiger partial charge in [-0.15, -0.1) is 0 Å². The maximum absolute atomic E-state index is 10.5. The Labute approximate surface area is 116 Å². The molecule has 0 aliphatic heterocycles. The van der Waals surface area contributed by atoms with Gasteiger partial charge in [0.25, 0.3) is 0 Å². The number of carbonyl (C=O) groups is 1. The summed E-state index contributed by atoms with van der Waals surface area (Å²) in [4.78, 5) is 10.5. The minimum atomic E-state index is 0.419. The molecule has 1 atom stereocenters. The Morgan fingerprint density at radius 3 is 2.79 bits per heavy atom. The number of nitrogens with one attached hydrogen (secondary N) is 1. The highest BCUT2D eigenvalue weighted by Crippen LogP contribution is 2.19. The Hall–Kier alpha value is -1.35. The first kappa shape index (κ1) is 15.7. The summed E-state index contributed by atoms with van der Waals surface area (Å²) in [5.41, 5.74) is 2.37. The van der Waals surface area contributed by atoms with E-state index in [9.17, 15) is 4.79 Å². The van der Waals surface area contributed by atoms with Crippen LogP contribution >= 0.6 is 0 Å². The summed E-state index contributed by atoms with van der Waals surface area (Å²) in [5, 5.41) is 3.53. The normalized spacial score (nSPS) is 12.2. The number of aldehydes is 1. The molecule has 0 radical (unpaired) electrons. The van der Waals surface area contributed by atoms with Crippen LogP contribution in [0.1, 0.15) is 43.7 Å². The van der Waals surface area contributed by atoms with E-state index in [1.54, 1.807) is 7.11 Å². The molecule has 3 heteroatoms. The van der Waals surface area contributed by atoms with Crippen LogP contribution in [0.15, 0.2) is 18.2 Å². The van der Waals surface area contributed by atoms with Crippen LogP contribution in [0.4, 0.5) is 0 Å². The highest BCUT2D eigenvalue weighted by molar-refractivity contribution is 5.49. The topological polar surface area (TPSA) is 38.3 Å². The lowest BCUT2D eigenvalue weighted by Crippen LogP contribution is -2.28. The van der Waals surface area contributed by atoms with E-state index in [-0.39, 0.29) is 0 Å². The molecule has 0 fully saturated rings. The van der Waals surface area contributed by atoms with Gasteiger partial charge in [-0.25, -0.2) is 0 Å². The first-order valence-electron chi connectivity index (χ1n) is 7.01. The first-order chi connectivity index (χ1) is 9.21. The highest BCUT2D eigenvalue weighted by Gasteiger charge is 2.07. The number of aryl methyl sites for hydroxylation is 1. The van der Waals surface area contributed by atoms with Crippen molar-refractivity contribution in [2.45, 2.75) is 52.1 Å². The summed E-state index contributed by atoms with van der Waals surface area (Å²) in [7, 11) is 1.70. The van der Waals surface area contributed by atoms with Crippen LogP contribution in [-0.4, -0.2) is 19.4 Å². The van der Waals surface area contributed by atoms with Gasteiger partial charge in [-0.3, -0.25) is 0 Å². The van der Waals surface area contributed by atoms with Crippen LogP contribution in [0, 0.1) is 6.92 Å². The molecule has 1 aromatic rings. The van der Waals surface area contributed by atoms with Gasteiger partial charge in [0, 0.05) is 19.0 Å². The molecular weight excluding hydrogens is 238 g/mol. The minimum Gasteiger partial charge on any atom is -0.496 e. The van der Waals surface area contributed by atoms with Crippen molar-refractivity contribution in [3.8, 4) is 5.75 Å². The lowest BCUT2D eigenvalue weighted by Gasteiger charge is -2.17. The number of hydrogen-bond acceptors (Lipinski definition) is 3. The molecule has 1 aromatic carbocycles. The van der Waals surface area contributed by atoms with E-state index in [1.165, 1.54) is 5.56 Å². The van der Waals surface area contributed by atoms with Gasteiger partial charge in [0.05, 0.1) is 7.11 Å². The summed E-state index contributed by atoms with van der Waals surface area (Å²) < 4.78 is 5.33. The zero-order chi connectivity index (χ0) is 14.1. The van der Waals surface area contributed by atoms with Crippen molar-refractivity contribution in [2.24, 2.45) is 0 Å². The van der Waals surface area contributed by atoms with Gasteiger partial charge in [-0.2, -0.15) is 0 Å². The SMILES string of the molecule is CCCC(CCC=O)NCc1ccc(C)c(OC)c1. The fourth-order valence-electron chi connectivity index (χ4n) is 2.20. The van der Waals surface area contributed by atoms with E-state index in [0.717, 1.165) is 43.4 Å². The van der Waals surface area contributed by atoms with Crippen LogP contribution in [0.25, 0.3) is 0 Å². The van der Waals surface area contributed by atoms with Gasteiger partial charge in [-0.05, 0) is 37.0 Å². The van der Waals surface area contributed by atoms with Crippen molar-refractivity contribution in [3.63, 3.8) is 0 Å². The van der Waals surface area contributed by atoms with Gasteiger partial charge in [0.1, 0.15) is 12.0 Å². The van der Waals surface area contributed by atoms with Crippen molar-refractivity contribution in [2.75, 3.05) is 7.11 Å². The van der Waals surface area contributed by atoms with Crippen molar-refractivity contribution in [1.29, 1.82) is 0 Å². The van der Waals surface area contributed by atoms with Gasteiger partial charge < -0.3 is 14.8 Å². The van der Waals surface area contributed by atoms with Gasteiger partial charge >= 0.3 is 0 Å². The van der Waals surface area contributed by atoms with Crippen LogP contribution < -0.4 is 10.1 Å². The predicted molar refractivity (Wildman–Crippen MR) is 78.6 cm³/mol. The standard InChI is InChI=1S/C16H25NO2/c1-4-6-15(7-5-10-18)17-12-14-9-8-13(2)16(11-14)19-3/h8-11,15,17H,4-7,12H2,1-3H3. The van der Waals surface area contributed by atoms with Gasteiger partial charge in [0.15, 0.2) is 0 Å². The van der Waals surface area contributed by atoms with Gasteiger partial charge in [-0.1, -0.05) is 25.5 Å². The number of hydrogen-bond donors (Lipinski definition) is 1. The Bertz CT molecular complexity index is 390. The number of methoxy groups -OCH3 is 1. The number of ether oxygens (including phenoxy) is 1. The lowest BCUT2D eigenvalue weighted by atomic mass is 10.1. The Kier molecular flexibility index (Phi) is 7.19. The largest absolute Gasteiger partial charge is 0.496 e. The van der Waals surface area contributed by atoms with Crippen LogP contribution in [-0.2, 0) is 11.3 Å². The average Bonchev–Trinajstić information content (AvgIpc) is 2.43.